The summed E-state index contributed by atoms with van der Waals surface area (Å²) in [6.07, 6.45) is 0. The van der Waals surface area contributed by atoms with Crippen LogP contribution in [0.4, 0.5) is 17.1 Å². The average Bonchev–Trinajstić information content (AvgIpc) is 3.76. The highest BCUT2D eigenvalue weighted by molar-refractivity contribution is 6.23. The Morgan fingerprint density at radius 3 is 1.34 bits per heavy atom. The average molecular weight is 814 g/mol. The topological polar surface area (TPSA) is 16.4 Å². The van der Waals surface area contributed by atoms with Crippen LogP contribution in [0.25, 0.3) is 109 Å². The molecular weight excluding hydrogens is 775 g/mol. The number of hydrogen-bond acceptors (Lipinski definition) is 2. The van der Waals surface area contributed by atoms with Crippen LogP contribution in [0.1, 0.15) is 0 Å². The van der Waals surface area contributed by atoms with Crippen molar-refractivity contribution in [2.45, 2.75) is 0 Å². The first kappa shape index (κ1) is 36.2. The first-order chi connectivity index (χ1) is 31.7. The summed E-state index contributed by atoms with van der Waals surface area (Å²) < 4.78 is 6.95. The number of benzene rings is 12. The Hall–Kier alpha value is -8.46. The standard InChI is InChI=1S/C62H39NO/c1-3-13-43-33-48(23-21-40(43)11-1)51-27-26-49-34-47(24-25-50(49)35-51)42-29-31-54(32-30-42)63(59-39-52-17-7-8-18-55(52)61-56-19-9-10-20-60(56)64-62(59)61)58-38-46-16-6-5-15-45(46)37-57(58)53-28-22-41-12-2-4-14-44(41)36-53/h1-39H. The molecule has 1 aromatic heterocycles. The molecule has 0 radical (unpaired) electrons. The lowest BCUT2D eigenvalue weighted by molar-refractivity contribution is 0.669. The van der Waals surface area contributed by atoms with Gasteiger partial charge in [0.05, 0.1) is 11.4 Å². The number of para-hydroxylation sites is 1. The van der Waals surface area contributed by atoms with Crippen molar-refractivity contribution in [2.75, 3.05) is 4.90 Å². The van der Waals surface area contributed by atoms with Crippen LogP contribution >= 0.6 is 0 Å². The smallest absolute Gasteiger partial charge is 0.160 e. The third-order valence-electron chi connectivity index (χ3n) is 13.1. The molecule has 64 heavy (non-hydrogen) atoms. The van der Waals surface area contributed by atoms with Crippen LogP contribution < -0.4 is 4.90 Å². The van der Waals surface area contributed by atoms with Gasteiger partial charge in [0.15, 0.2) is 5.58 Å². The molecule has 298 valence electrons. The SMILES string of the molecule is c1ccc2cc(-c3ccc4cc(-c5ccc(N(c6cc7ccccc7cc6-c6ccc7ccccc7c6)c6cc7ccccc7c7c6oc6ccccc67)cc5)ccc4c3)ccc2c1. The second-order valence-corrected chi connectivity index (χ2v) is 16.9. The Labute approximate surface area is 370 Å². The van der Waals surface area contributed by atoms with E-state index in [9.17, 15) is 0 Å². The highest BCUT2D eigenvalue weighted by atomic mass is 16.3. The van der Waals surface area contributed by atoms with Crippen molar-refractivity contribution in [1.29, 1.82) is 0 Å². The van der Waals surface area contributed by atoms with Gasteiger partial charge in [-0.3, -0.25) is 0 Å². The maximum absolute atomic E-state index is 6.95. The van der Waals surface area contributed by atoms with E-state index < -0.39 is 0 Å². The number of nitrogens with zero attached hydrogens (tertiary/aromatic N) is 1. The van der Waals surface area contributed by atoms with E-state index in [1.807, 2.05) is 0 Å². The van der Waals surface area contributed by atoms with Crippen molar-refractivity contribution in [1.82, 2.24) is 0 Å². The van der Waals surface area contributed by atoms with Crippen LogP contribution in [0.15, 0.2) is 241 Å². The van der Waals surface area contributed by atoms with Crippen molar-refractivity contribution in [2.24, 2.45) is 0 Å². The van der Waals surface area contributed by atoms with Gasteiger partial charge in [0.25, 0.3) is 0 Å². The molecule has 0 aliphatic heterocycles. The van der Waals surface area contributed by atoms with Crippen LogP contribution in [-0.2, 0) is 0 Å². The van der Waals surface area contributed by atoms with Crippen LogP contribution in [0.3, 0.4) is 0 Å². The van der Waals surface area contributed by atoms with E-state index in [0.717, 1.165) is 61.1 Å². The fourth-order valence-corrected chi connectivity index (χ4v) is 9.91. The van der Waals surface area contributed by atoms with E-state index in [4.69, 9.17) is 4.42 Å². The van der Waals surface area contributed by atoms with E-state index in [1.165, 1.54) is 65.2 Å². The molecule has 1 heterocycles. The maximum Gasteiger partial charge on any atom is 0.160 e. The van der Waals surface area contributed by atoms with Crippen LogP contribution in [0.2, 0.25) is 0 Å². The van der Waals surface area contributed by atoms with E-state index in [2.05, 4.69) is 241 Å². The zero-order valence-electron chi connectivity index (χ0n) is 34.9. The highest BCUT2D eigenvalue weighted by Gasteiger charge is 2.25. The monoisotopic (exact) mass is 813 g/mol. The molecule has 13 aromatic rings. The minimum Gasteiger partial charge on any atom is -0.454 e. The second-order valence-electron chi connectivity index (χ2n) is 16.9. The number of anilines is 3. The number of furan rings is 1. The van der Waals surface area contributed by atoms with Gasteiger partial charge in [0.1, 0.15) is 5.58 Å². The molecule has 0 saturated carbocycles. The van der Waals surface area contributed by atoms with E-state index >= 15 is 0 Å². The molecule has 0 unspecified atom stereocenters. The summed E-state index contributed by atoms with van der Waals surface area (Å²) in [6.45, 7) is 0. The Balaban J connectivity index is 0.992. The minimum atomic E-state index is 0.860. The molecule has 13 rings (SSSR count). The van der Waals surface area contributed by atoms with Gasteiger partial charge >= 0.3 is 0 Å². The number of hydrogen-bond donors (Lipinski definition) is 0. The van der Waals surface area contributed by atoms with Gasteiger partial charge in [-0.2, -0.15) is 0 Å². The zero-order valence-corrected chi connectivity index (χ0v) is 34.9. The van der Waals surface area contributed by atoms with Gasteiger partial charge in [-0.1, -0.05) is 176 Å². The molecule has 0 fully saturated rings. The lowest BCUT2D eigenvalue weighted by atomic mass is 9.94. The molecule has 2 heteroatoms. The van der Waals surface area contributed by atoms with E-state index in [-0.39, 0.29) is 0 Å². The van der Waals surface area contributed by atoms with Crippen molar-refractivity contribution in [3.63, 3.8) is 0 Å². The first-order valence-corrected chi connectivity index (χ1v) is 22.0. The summed E-state index contributed by atoms with van der Waals surface area (Å²) in [4.78, 5) is 2.42. The Morgan fingerprint density at radius 2 is 0.703 bits per heavy atom. The molecule has 0 amide bonds. The quantitative estimate of drug-likeness (QED) is 0.166. The summed E-state index contributed by atoms with van der Waals surface area (Å²) in [5.41, 5.74) is 11.9. The van der Waals surface area contributed by atoms with E-state index in [0.29, 0.717) is 0 Å². The maximum atomic E-state index is 6.95. The molecule has 2 nitrogen and oxygen atoms in total. The van der Waals surface area contributed by atoms with Crippen molar-refractivity contribution < 1.29 is 4.42 Å². The Morgan fingerprint density at radius 1 is 0.281 bits per heavy atom. The lowest BCUT2D eigenvalue weighted by Gasteiger charge is -2.29. The predicted octanol–water partition coefficient (Wildman–Crippen LogP) is 17.8. The number of rotatable bonds is 6. The van der Waals surface area contributed by atoms with Crippen LogP contribution in [0.5, 0.6) is 0 Å². The van der Waals surface area contributed by atoms with Gasteiger partial charge in [0.2, 0.25) is 0 Å². The van der Waals surface area contributed by atoms with Crippen LogP contribution in [-0.4, -0.2) is 0 Å². The largest absolute Gasteiger partial charge is 0.454 e. The summed E-state index contributed by atoms with van der Waals surface area (Å²) in [5.74, 6) is 0. The van der Waals surface area contributed by atoms with E-state index in [1.54, 1.807) is 0 Å². The molecule has 0 aliphatic carbocycles. The van der Waals surface area contributed by atoms with Gasteiger partial charge in [-0.15, -0.1) is 0 Å². The fourth-order valence-electron chi connectivity index (χ4n) is 9.91. The third-order valence-corrected chi connectivity index (χ3v) is 13.1. The van der Waals surface area contributed by atoms with Gasteiger partial charge < -0.3 is 9.32 Å². The second kappa shape index (κ2) is 14.6. The summed E-state index contributed by atoms with van der Waals surface area (Å²) in [6, 6.07) is 86.2. The third kappa shape index (κ3) is 6.03. The molecule has 12 aromatic carbocycles. The molecule has 0 aliphatic rings. The first-order valence-electron chi connectivity index (χ1n) is 22.0. The summed E-state index contributed by atoms with van der Waals surface area (Å²) >= 11 is 0. The van der Waals surface area contributed by atoms with Crippen molar-refractivity contribution in [3.8, 4) is 33.4 Å². The van der Waals surface area contributed by atoms with Gasteiger partial charge in [0, 0.05) is 22.0 Å². The van der Waals surface area contributed by atoms with Crippen molar-refractivity contribution >= 4 is 92.9 Å². The molecule has 0 N–H and O–H groups in total. The number of fused-ring (bicyclic) bond motifs is 9. The van der Waals surface area contributed by atoms with Gasteiger partial charge in [-0.05, 0) is 142 Å². The predicted molar refractivity (Wildman–Crippen MR) is 272 cm³/mol. The Kier molecular flexibility index (Phi) is 8.25. The highest BCUT2D eigenvalue weighted by Crippen LogP contribution is 2.49. The lowest BCUT2D eigenvalue weighted by Crippen LogP contribution is -2.12. The molecule has 0 saturated heterocycles. The Bertz CT molecular complexity index is 3970. The molecule has 0 spiro atoms. The normalized spacial score (nSPS) is 11.8. The zero-order chi connectivity index (χ0) is 42.1. The van der Waals surface area contributed by atoms with Crippen LogP contribution in [0, 0.1) is 0 Å². The molecular formula is C62H39NO. The summed E-state index contributed by atoms with van der Waals surface area (Å²) in [7, 11) is 0. The van der Waals surface area contributed by atoms with Gasteiger partial charge in [-0.25, -0.2) is 0 Å². The fraction of sp³-hybridized carbons (Fsp3) is 0. The summed E-state index contributed by atoms with van der Waals surface area (Å²) in [5, 5.41) is 14.3. The minimum absolute atomic E-state index is 0.860. The molecule has 0 atom stereocenters. The molecule has 0 bridgehead atoms. The van der Waals surface area contributed by atoms with Crippen molar-refractivity contribution in [3.05, 3.63) is 237 Å².